The largest absolute Gasteiger partial charge is 0.481 e. The third-order valence-corrected chi connectivity index (χ3v) is 1.35. The second-order valence-corrected chi connectivity index (χ2v) is 3.16. The van der Waals surface area contributed by atoms with Crippen molar-refractivity contribution in [3.05, 3.63) is 12.2 Å². The lowest BCUT2D eigenvalue weighted by Crippen LogP contribution is -2.03. The summed E-state index contributed by atoms with van der Waals surface area (Å²) in [6.45, 7) is 7.64. The molecule has 0 unspecified atom stereocenters. The van der Waals surface area contributed by atoms with Crippen molar-refractivity contribution in [3.63, 3.8) is 0 Å². The zero-order valence-corrected chi connectivity index (χ0v) is 9.21. The summed E-state index contributed by atoms with van der Waals surface area (Å²) < 4.78 is 0. The lowest BCUT2D eigenvalue weighted by molar-refractivity contribution is -0.140. The van der Waals surface area contributed by atoms with Gasteiger partial charge in [-0.2, -0.15) is 0 Å². The number of carboxylic acid groups (broad SMARTS) is 1. The Labute approximate surface area is 81.7 Å². The smallest absolute Gasteiger partial charge is 0.305 e. The lowest BCUT2D eigenvalue weighted by Gasteiger charge is -1.89. The van der Waals surface area contributed by atoms with E-state index in [1.54, 1.807) is 13.8 Å². The predicted octanol–water partition coefficient (Wildman–Crippen LogP) is 3.48. The van der Waals surface area contributed by atoms with Gasteiger partial charge in [0.25, 0.3) is 0 Å². The van der Waals surface area contributed by atoms with Crippen LogP contribution in [0.4, 0.5) is 0 Å². The van der Waals surface area contributed by atoms with Crippen molar-refractivity contribution in [3.8, 4) is 0 Å². The number of carboxylic acids is 1. The molecule has 0 aliphatic carbocycles. The summed E-state index contributed by atoms with van der Waals surface area (Å²) in [5, 5.41) is 7.99. The summed E-state index contributed by atoms with van der Waals surface area (Å²) in [5.41, 5.74) is 0. The summed E-state index contributed by atoms with van der Waals surface area (Å²) in [5.74, 6) is -0.972. The number of unbranched alkanes of at least 4 members (excludes halogenated alkanes) is 1. The molecule has 0 rings (SSSR count). The second-order valence-electron chi connectivity index (χ2n) is 3.16. The van der Waals surface area contributed by atoms with Crippen LogP contribution in [0.2, 0.25) is 0 Å². The molecule has 0 aliphatic rings. The second kappa shape index (κ2) is 11.2. The van der Waals surface area contributed by atoms with Crippen LogP contribution >= 0.6 is 0 Å². The van der Waals surface area contributed by atoms with Crippen molar-refractivity contribution in [2.45, 2.75) is 47.0 Å². The molecule has 0 aromatic heterocycles. The molecule has 2 nitrogen and oxygen atoms in total. The van der Waals surface area contributed by atoms with Crippen LogP contribution in [0, 0.1) is 5.92 Å². The first-order chi connectivity index (χ1) is 6.06. The van der Waals surface area contributed by atoms with Gasteiger partial charge in [-0.25, -0.2) is 0 Å². The zero-order chi connectivity index (χ0) is 10.7. The fraction of sp³-hybridized carbons (Fsp3) is 0.727. The first kappa shape index (κ1) is 14.7. The number of rotatable bonds is 4. The monoisotopic (exact) mass is 186 g/mol. The van der Waals surface area contributed by atoms with Gasteiger partial charge < -0.3 is 5.11 Å². The summed E-state index contributed by atoms with van der Waals surface area (Å²) in [4.78, 5) is 9.70. The van der Waals surface area contributed by atoms with Gasteiger partial charge >= 0.3 is 5.97 Å². The highest BCUT2D eigenvalue weighted by Crippen LogP contribution is 1.89. The van der Waals surface area contributed by atoms with Gasteiger partial charge in [0.1, 0.15) is 0 Å². The molecular weight excluding hydrogens is 164 g/mol. The minimum Gasteiger partial charge on any atom is -0.481 e. The van der Waals surface area contributed by atoms with E-state index < -0.39 is 5.97 Å². The molecule has 0 saturated heterocycles. The van der Waals surface area contributed by atoms with Gasteiger partial charge in [-0.3, -0.25) is 4.79 Å². The first-order valence-electron chi connectivity index (χ1n) is 4.94. The summed E-state index contributed by atoms with van der Waals surface area (Å²) in [6.07, 6.45) is 8.15. The van der Waals surface area contributed by atoms with Crippen LogP contribution in [-0.2, 0) is 4.79 Å². The number of hydrogen-bond acceptors (Lipinski definition) is 1. The van der Waals surface area contributed by atoms with E-state index in [9.17, 15) is 4.79 Å². The van der Waals surface area contributed by atoms with Gasteiger partial charge in [0.2, 0.25) is 0 Å². The Morgan fingerprint density at radius 2 is 1.77 bits per heavy atom. The van der Waals surface area contributed by atoms with Gasteiger partial charge in [0.05, 0.1) is 5.92 Å². The minimum atomic E-state index is -0.741. The van der Waals surface area contributed by atoms with E-state index in [0.717, 1.165) is 0 Å². The Balaban J connectivity index is 0. The van der Waals surface area contributed by atoms with Gasteiger partial charge in [-0.1, -0.05) is 46.3 Å². The molecule has 1 N–H and O–H groups in total. The van der Waals surface area contributed by atoms with Crippen molar-refractivity contribution in [2.24, 2.45) is 5.92 Å². The molecule has 0 aromatic carbocycles. The quantitative estimate of drug-likeness (QED) is 0.682. The van der Waals surface area contributed by atoms with E-state index in [1.165, 1.54) is 19.3 Å². The fourth-order valence-corrected chi connectivity index (χ4v) is 0.451. The molecule has 0 fully saturated rings. The van der Waals surface area contributed by atoms with Crippen LogP contribution in [-0.4, -0.2) is 11.1 Å². The van der Waals surface area contributed by atoms with Gasteiger partial charge in [-0.15, -0.1) is 0 Å². The van der Waals surface area contributed by atoms with E-state index >= 15 is 0 Å². The zero-order valence-electron chi connectivity index (χ0n) is 9.21. The summed E-state index contributed by atoms with van der Waals surface area (Å²) in [7, 11) is 0. The summed E-state index contributed by atoms with van der Waals surface area (Å²) in [6, 6.07) is 0. The maximum Gasteiger partial charge on any atom is 0.305 e. The van der Waals surface area contributed by atoms with Crippen LogP contribution in [0.15, 0.2) is 12.2 Å². The molecule has 78 valence electrons. The maximum absolute atomic E-state index is 9.70. The summed E-state index contributed by atoms with van der Waals surface area (Å²) >= 11 is 0. The Morgan fingerprint density at radius 3 is 2.00 bits per heavy atom. The fourth-order valence-electron chi connectivity index (χ4n) is 0.451. The first-order valence-corrected chi connectivity index (χ1v) is 4.94. The molecule has 2 heteroatoms. The molecule has 0 aliphatic heterocycles. The SMILES string of the molecule is CC(C)C(=O)O.CCC=CCCC. The Morgan fingerprint density at radius 1 is 1.31 bits per heavy atom. The topological polar surface area (TPSA) is 37.3 Å². The maximum atomic E-state index is 9.70. The van der Waals surface area contributed by atoms with Crippen LogP contribution < -0.4 is 0 Å². The van der Waals surface area contributed by atoms with Crippen molar-refractivity contribution in [1.82, 2.24) is 0 Å². The third-order valence-electron chi connectivity index (χ3n) is 1.35. The molecule has 0 atom stereocenters. The molecule has 0 saturated carbocycles. The van der Waals surface area contributed by atoms with E-state index in [-0.39, 0.29) is 5.92 Å². The predicted molar refractivity (Wildman–Crippen MR) is 56.8 cm³/mol. The highest BCUT2D eigenvalue weighted by molar-refractivity contribution is 5.68. The molecule has 0 bridgehead atoms. The number of aliphatic carboxylic acids is 1. The number of allylic oxidation sites excluding steroid dienone is 2. The molecular formula is C11H22O2. The molecule has 0 heterocycles. The van der Waals surface area contributed by atoms with Crippen molar-refractivity contribution >= 4 is 5.97 Å². The van der Waals surface area contributed by atoms with Crippen LogP contribution in [0.5, 0.6) is 0 Å². The highest BCUT2D eigenvalue weighted by Gasteiger charge is 1.99. The van der Waals surface area contributed by atoms with Gasteiger partial charge in [0.15, 0.2) is 0 Å². The molecule has 0 aromatic rings. The molecule has 0 spiro atoms. The van der Waals surface area contributed by atoms with E-state index in [1.807, 2.05) is 0 Å². The number of hydrogen-bond donors (Lipinski definition) is 1. The number of carbonyl (C=O) groups is 1. The minimum absolute atomic E-state index is 0.231. The van der Waals surface area contributed by atoms with Crippen molar-refractivity contribution in [2.75, 3.05) is 0 Å². The molecule has 0 amide bonds. The normalized spacial score (nSPS) is 9.92. The van der Waals surface area contributed by atoms with Crippen LogP contribution in [0.1, 0.15) is 47.0 Å². The van der Waals surface area contributed by atoms with E-state index in [4.69, 9.17) is 5.11 Å². The highest BCUT2D eigenvalue weighted by atomic mass is 16.4. The van der Waals surface area contributed by atoms with E-state index in [2.05, 4.69) is 26.0 Å². The Kier molecular flexibility index (Phi) is 12.7. The van der Waals surface area contributed by atoms with Gasteiger partial charge in [0, 0.05) is 0 Å². The van der Waals surface area contributed by atoms with Gasteiger partial charge in [-0.05, 0) is 12.8 Å². The standard InChI is InChI=1S/C7H14.C4H8O2/c1-3-5-7-6-4-2;1-3(2)4(5)6/h5,7H,3-4,6H2,1-2H3;3H,1-2H3,(H,5,6). The van der Waals surface area contributed by atoms with Crippen molar-refractivity contribution < 1.29 is 9.90 Å². The molecule has 0 radical (unpaired) electrons. The third kappa shape index (κ3) is 18.3. The Hall–Kier alpha value is -0.790. The lowest BCUT2D eigenvalue weighted by atomic mass is 10.2. The van der Waals surface area contributed by atoms with Crippen molar-refractivity contribution in [1.29, 1.82) is 0 Å². The molecule has 13 heavy (non-hydrogen) atoms. The average molecular weight is 186 g/mol. The Bertz CT molecular complexity index is 137. The average Bonchev–Trinajstić information content (AvgIpc) is 2.06. The van der Waals surface area contributed by atoms with Crippen LogP contribution in [0.3, 0.4) is 0 Å². The van der Waals surface area contributed by atoms with E-state index in [0.29, 0.717) is 0 Å². The van der Waals surface area contributed by atoms with Crippen LogP contribution in [0.25, 0.3) is 0 Å².